The Labute approximate surface area is 156 Å². The van der Waals surface area contributed by atoms with Crippen molar-refractivity contribution >= 4 is 28.3 Å². The molecule has 2 unspecified atom stereocenters. The van der Waals surface area contributed by atoms with E-state index in [4.69, 9.17) is 5.73 Å². The van der Waals surface area contributed by atoms with E-state index in [1.54, 1.807) is 29.6 Å². The van der Waals surface area contributed by atoms with Gasteiger partial charge in [0.2, 0.25) is 10.0 Å². The van der Waals surface area contributed by atoms with Gasteiger partial charge in [-0.2, -0.15) is 4.31 Å². The molecular formula is C17H28ClN3O3S. The van der Waals surface area contributed by atoms with Gasteiger partial charge < -0.3 is 10.6 Å². The molecule has 1 amide bonds. The summed E-state index contributed by atoms with van der Waals surface area (Å²) in [6, 6.07) is 6.16. The van der Waals surface area contributed by atoms with Crippen LogP contribution in [0.1, 0.15) is 43.5 Å². The van der Waals surface area contributed by atoms with Crippen LogP contribution >= 0.6 is 12.4 Å². The summed E-state index contributed by atoms with van der Waals surface area (Å²) in [5.41, 5.74) is 5.97. The van der Waals surface area contributed by atoms with Crippen LogP contribution in [0.15, 0.2) is 29.2 Å². The topological polar surface area (TPSA) is 83.7 Å². The number of carbonyl (C=O) groups is 1. The molecular weight excluding hydrogens is 362 g/mol. The molecule has 1 aliphatic rings. The minimum absolute atomic E-state index is 0. The van der Waals surface area contributed by atoms with Crippen LogP contribution in [0.5, 0.6) is 0 Å². The highest BCUT2D eigenvalue weighted by atomic mass is 35.5. The SMILES string of the molecule is CC(CN)N(C)C(=O)c1cccc(S(=O)(=O)N2CCCCC2C)c1.Cl. The monoisotopic (exact) mass is 389 g/mol. The van der Waals surface area contributed by atoms with Crippen LogP contribution in [-0.4, -0.2) is 55.8 Å². The van der Waals surface area contributed by atoms with E-state index >= 15 is 0 Å². The van der Waals surface area contributed by atoms with Gasteiger partial charge in [-0.25, -0.2) is 8.42 Å². The fourth-order valence-corrected chi connectivity index (χ4v) is 4.66. The highest BCUT2D eigenvalue weighted by Crippen LogP contribution is 2.25. The Balaban J connectivity index is 0.00000312. The van der Waals surface area contributed by atoms with Crippen LogP contribution in [0.25, 0.3) is 0 Å². The number of halogens is 1. The Morgan fingerprint density at radius 2 is 2.08 bits per heavy atom. The standard InChI is InChI=1S/C17H27N3O3S.ClH/c1-13-7-4-5-10-20(13)24(22,23)16-9-6-8-15(11-16)17(21)19(3)14(2)12-18;/h6,8-9,11,13-14H,4-5,7,10,12,18H2,1-3H3;1H. The zero-order valence-corrected chi connectivity index (χ0v) is 16.6. The lowest BCUT2D eigenvalue weighted by molar-refractivity contribution is 0.0748. The van der Waals surface area contributed by atoms with Gasteiger partial charge in [0.1, 0.15) is 0 Å². The fraction of sp³-hybridized carbons (Fsp3) is 0.588. The lowest BCUT2D eigenvalue weighted by Crippen LogP contribution is -2.42. The van der Waals surface area contributed by atoms with E-state index in [0.717, 1.165) is 19.3 Å². The predicted molar refractivity (Wildman–Crippen MR) is 102 cm³/mol. The van der Waals surface area contributed by atoms with Gasteiger partial charge in [-0.15, -0.1) is 12.4 Å². The zero-order valence-electron chi connectivity index (χ0n) is 15.0. The second kappa shape index (κ2) is 8.98. The van der Waals surface area contributed by atoms with Crippen molar-refractivity contribution in [3.8, 4) is 0 Å². The molecule has 2 rings (SSSR count). The molecule has 0 saturated carbocycles. The first kappa shape index (κ1) is 21.9. The molecule has 8 heteroatoms. The number of benzene rings is 1. The summed E-state index contributed by atoms with van der Waals surface area (Å²) >= 11 is 0. The van der Waals surface area contributed by atoms with E-state index in [1.165, 1.54) is 11.0 Å². The van der Waals surface area contributed by atoms with Crippen LogP contribution in [0.2, 0.25) is 0 Å². The molecule has 1 fully saturated rings. The third-order valence-corrected chi connectivity index (χ3v) is 6.76. The molecule has 2 N–H and O–H groups in total. The summed E-state index contributed by atoms with van der Waals surface area (Å²) in [7, 11) is -1.91. The quantitative estimate of drug-likeness (QED) is 0.835. The predicted octanol–water partition coefficient (Wildman–Crippen LogP) is 2.09. The van der Waals surface area contributed by atoms with Crippen molar-refractivity contribution in [3.63, 3.8) is 0 Å². The molecule has 25 heavy (non-hydrogen) atoms. The lowest BCUT2D eigenvalue weighted by atomic mass is 10.1. The van der Waals surface area contributed by atoms with Gasteiger partial charge in [0.05, 0.1) is 4.90 Å². The minimum Gasteiger partial charge on any atom is -0.338 e. The number of rotatable bonds is 5. The van der Waals surface area contributed by atoms with Crippen molar-refractivity contribution in [1.82, 2.24) is 9.21 Å². The number of carbonyl (C=O) groups excluding carboxylic acids is 1. The first-order valence-electron chi connectivity index (χ1n) is 8.38. The summed E-state index contributed by atoms with van der Waals surface area (Å²) in [5.74, 6) is -0.225. The zero-order chi connectivity index (χ0) is 17.9. The smallest absolute Gasteiger partial charge is 0.253 e. The Hall–Kier alpha value is -1.15. The van der Waals surface area contributed by atoms with Crippen LogP contribution in [-0.2, 0) is 10.0 Å². The summed E-state index contributed by atoms with van der Waals surface area (Å²) in [4.78, 5) is 14.2. The molecule has 0 bridgehead atoms. The van der Waals surface area contributed by atoms with Crippen LogP contribution < -0.4 is 5.73 Å². The number of piperidine rings is 1. The van der Waals surface area contributed by atoms with Gasteiger partial charge in [0.25, 0.3) is 5.91 Å². The number of sulfonamides is 1. The van der Waals surface area contributed by atoms with Gasteiger partial charge in [0.15, 0.2) is 0 Å². The van der Waals surface area contributed by atoms with Gasteiger partial charge >= 0.3 is 0 Å². The van der Waals surface area contributed by atoms with Crippen molar-refractivity contribution in [3.05, 3.63) is 29.8 Å². The third kappa shape index (κ3) is 4.73. The molecule has 1 aromatic carbocycles. The maximum Gasteiger partial charge on any atom is 0.253 e. The second-order valence-corrected chi connectivity index (χ2v) is 8.38. The highest BCUT2D eigenvalue weighted by Gasteiger charge is 2.31. The summed E-state index contributed by atoms with van der Waals surface area (Å²) in [5, 5.41) is 0. The van der Waals surface area contributed by atoms with Crippen LogP contribution in [0.4, 0.5) is 0 Å². The average Bonchev–Trinajstić information content (AvgIpc) is 2.60. The van der Waals surface area contributed by atoms with Gasteiger partial charge in [-0.1, -0.05) is 12.5 Å². The fourth-order valence-electron chi connectivity index (χ4n) is 2.92. The normalized spacial score (nSPS) is 19.8. The highest BCUT2D eigenvalue weighted by molar-refractivity contribution is 7.89. The molecule has 0 aromatic heterocycles. The van der Waals surface area contributed by atoms with Crippen molar-refractivity contribution in [1.29, 1.82) is 0 Å². The lowest BCUT2D eigenvalue weighted by Gasteiger charge is -2.32. The van der Waals surface area contributed by atoms with Crippen molar-refractivity contribution in [2.24, 2.45) is 5.73 Å². The first-order valence-corrected chi connectivity index (χ1v) is 9.82. The van der Waals surface area contributed by atoms with E-state index in [-0.39, 0.29) is 35.3 Å². The van der Waals surface area contributed by atoms with Gasteiger partial charge in [0, 0.05) is 37.8 Å². The Bertz CT molecular complexity index is 696. The van der Waals surface area contributed by atoms with Crippen molar-refractivity contribution in [2.45, 2.75) is 50.1 Å². The number of nitrogens with two attached hydrogens (primary N) is 1. The summed E-state index contributed by atoms with van der Waals surface area (Å²) in [6.07, 6.45) is 2.79. The van der Waals surface area contributed by atoms with Crippen molar-refractivity contribution < 1.29 is 13.2 Å². The van der Waals surface area contributed by atoms with E-state index in [9.17, 15) is 13.2 Å². The average molecular weight is 390 g/mol. The van der Waals surface area contributed by atoms with E-state index in [2.05, 4.69) is 0 Å². The molecule has 6 nitrogen and oxygen atoms in total. The number of likely N-dealkylation sites (N-methyl/N-ethyl adjacent to an activating group) is 1. The number of nitrogens with zero attached hydrogens (tertiary/aromatic N) is 2. The van der Waals surface area contributed by atoms with Crippen molar-refractivity contribution in [2.75, 3.05) is 20.1 Å². The summed E-state index contributed by atoms with van der Waals surface area (Å²) < 4.78 is 27.4. The molecule has 0 aliphatic carbocycles. The number of hydrogen-bond donors (Lipinski definition) is 1. The molecule has 1 aromatic rings. The number of hydrogen-bond acceptors (Lipinski definition) is 4. The Morgan fingerprint density at radius 1 is 1.40 bits per heavy atom. The molecule has 1 saturated heterocycles. The molecule has 1 aliphatic heterocycles. The van der Waals surface area contributed by atoms with Crippen LogP contribution in [0, 0.1) is 0 Å². The van der Waals surface area contributed by atoms with Gasteiger partial charge in [-0.05, 0) is 44.9 Å². The second-order valence-electron chi connectivity index (χ2n) is 6.49. The first-order chi connectivity index (χ1) is 11.3. The van der Waals surface area contributed by atoms with Crippen LogP contribution in [0.3, 0.4) is 0 Å². The Morgan fingerprint density at radius 3 is 2.68 bits per heavy atom. The Kier molecular flexibility index (Phi) is 7.87. The van der Waals surface area contributed by atoms with E-state index < -0.39 is 10.0 Å². The van der Waals surface area contributed by atoms with E-state index in [1.807, 2.05) is 13.8 Å². The third-order valence-electron chi connectivity index (χ3n) is 4.75. The maximum absolute atomic E-state index is 12.9. The molecule has 1 heterocycles. The molecule has 2 atom stereocenters. The summed E-state index contributed by atoms with van der Waals surface area (Å²) in [6.45, 7) is 4.67. The van der Waals surface area contributed by atoms with Gasteiger partial charge in [-0.3, -0.25) is 4.79 Å². The molecule has 142 valence electrons. The maximum atomic E-state index is 12.9. The molecule has 0 radical (unpaired) electrons. The molecule has 0 spiro atoms. The van der Waals surface area contributed by atoms with E-state index in [0.29, 0.717) is 18.7 Å². The number of amides is 1. The minimum atomic E-state index is -3.58. The largest absolute Gasteiger partial charge is 0.338 e.